The Morgan fingerprint density at radius 1 is 1.43 bits per heavy atom. The van der Waals surface area contributed by atoms with Gasteiger partial charge in [-0.05, 0) is 18.3 Å². The third-order valence-corrected chi connectivity index (χ3v) is 2.65. The maximum Gasteiger partial charge on any atom is 0.349 e. The molecular formula is C11H22O2S. The summed E-state index contributed by atoms with van der Waals surface area (Å²) in [4.78, 5) is 0. The highest BCUT2D eigenvalue weighted by atomic mass is 32.1. The number of thiocarbonyl (C=S) groups is 1. The summed E-state index contributed by atoms with van der Waals surface area (Å²) in [5.74, 6) is 1.25. The number of aliphatic hydroxyl groups is 1. The Labute approximate surface area is 92.7 Å². The van der Waals surface area contributed by atoms with Gasteiger partial charge in [0, 0.05) is 12.2 Å². The van der Waals surface area contributed by atoms with Gasteiger partial charge in [0.25, 0.3) is 0 Å². The normalized spacial score (nSPS) is 14.8. The second-order valence-electron chi connectivity index (χ2n) is 3.98. The van der Waals surface area contributed by atoms with Crippen molar-refractivity contribution in [2.75, 3.05) is 6.61 Å². The Morgan fingerprint density at radius 2 is 2.07 bits per heavy atom. The van der Waals surface area contributed by atoms with Gasteiger partial charge in [0.05, 0.1) is 6.61 Å². The fourth-order valence-electron chi connectivity index (χ4n) is 1.72. The fraction of sp³-hybridized carbons (Fsp3) is 0.909. The highest BCUT2D eigenvalue weighted by Gasteiger charge is 2.12. The Balaban J connectivity index is 3.71. The van der Waals surface area contributed by atoms with Gasteiger partial charge in [-0.15, -0.1) is 0 Å². The van der Waals surface area contributed by atoms with Crippen LogP contribution in [-0.4, -0.2) is 17.0 Å². The SMILES string of the molecule is CCCC(C)CC(CC)COC(O)=S. The van der Waals surface area contributed by atoms with Crippen molar-refractivity contribution in [3.05, 3.63) is 0 Å². The minimum atomic E-state index is -0.327. The van der Waals surface area contributed by atoms with Crippen LogP contribution in [0.15, 0.2) is 0 Å². The summed E-state index contributed by atoms with van der Waals surface area (Å²) in [7, 11) is 0. The molecule has 0 aliphatic carbocycles. The molecule has 2 unspecified atom stereocenters. The lowest BCUT2D eigenvalue weighted by Gasteiger charge is -2.18. The molecular weight excluding hydrogens is 196 g/mol. The average molecular weight is 218 g/mol. The molecule has 0 saturated carbocycles. The van der Waals surface area contributed by atoms with Gasteiger partial charge in [0.1, 0.15) is 0 Å². The lowest BCUT2D eigenvalue weighted by atomic mass is 9.91. The number of rotatable bonds is 7. The lowest BCUT2D eigenvalue weighted by Crippen LogP contribution is -2.14. The minimum Gasteiger partial charge on any atom is -0.472 e. The highest BCUT2D eigenvalue weighted by Crippen LogP contribution is 2.19. The molecule has 0 amide bonds. The molecule has 14 heavy (non-hydrogen) atoms. The van der Waals surface area contributed by atoms with Crippen LogP contribution in [0, 0.1) is 11.8 Å². The van der Waals surface area contributed by atoms with Crippen molar-refractivity contribution < 1.29 is 9.84 Å². The van der Waals surface area contributed by atoms with Crippen molar-refractivity contribution in [1.82, 2.24) is 0 Å². The van der Waals surface area contributed by atoms with Gasteiger partial charge in [0.15, 0.2) is 0 Å². The molecule has 84 valence electrons. The summed E-state index contributed by atoms with van der Waals surface area (Å²) in [6.07, 6.45) is 4.74. The van der Waals surface area contributed by atoms with Gasteiger partial charge in [-0.3, -0.25) is 0 Å². The Morgan fingerprint density at radius 3 is 2.50 bits per heavy atom. The van der Waals surface area contributed by atoms with Gasteiger partial charge in [0.2, 0.25) is 0 Å². The summed E-state index contributed by atoms with van der Waals surface area (Å²) in [6, 6.07) is 0. The molecule has 0 aliphatic heterocycles. The third-order valence-electron chi connectivity index (χ3n) is 2.54. The molecule has 2 nitrogen and oxygen atoms in total. The summed E-state index contributed by atoms with van der Waals surface area (Å²) in [6.45, 7) is 7.17. The monoisotopic (exact) mass is 218 g/mol. The van der Waals surface area contributed by atoms with E-state index >= 15 is 0 Å². The van der Waals surface area contributed by atoms with Gasteiger partial charge < -0.3 is 9.84 Å². The highest BCUT2D eigenvalue weighted by molar-refractivity contribution is 7.79. The van der Waals surface area contributed by atoms with E-state index in [2.05, 4.69) is 33.0 Å². The van der Waals surface area contributed by atoms with Gasteiger partial charge in [-0.25, -0.2) is 0 Å². The van der Waals surface area contributed by atoms with E-state index in [4.69, 9.17) is 9.84 Å². The van der Waals surface area contributed by atoms with Crippen LogP contribution in [0.3, 0.4) is 0 Å². The van der Waals surface area contributed by atoms with E-state index in [1.54, 1.807) is 0 Å². The predicted molar refractivity (Wildman–Crippen MR) is 63.6 cm³/mol. The van der Waals surface area contributed by atoms with Crippen LogP contribution in [0.5, 0.6) is 0 Å². The molecule has 0 spiro atoms. The zero-order chi connectivity index (χ0) is 11.0. The quantitative estimate of drug-likeness (QED) is 0.661. The predicted octanol–water partition coefficient (Wildman–Crippen LogP) is 3.70. The van der Waals surface area contributed by atoms with Crippen LogP contribution >= 0.6 is 12.2 Å². The first-order valence-electron chi connectivity index (χ1n) is 5.45. The lowest BCUT2D eigenvalue weighted by molar-refractivity contribution is 0.174. The van der Waals surface area contributed by atoms with Crippen molar-refractivity contribution in [2.24, 2.45) is 11.8 Å². The standard InChI is InChI=1S/C11H22O2S/c1-4-6-9(3)7-10(5-2)8-13-11(12)14/h9-10H,4-8H2,1-3H3,(H,12,14). The zero-order valence-electron chi connectivity index (χ0n) is 9.45. The molecule has 0 fully saturated rings. The molecule has 1 N–H and O–H groups in total. The van der Waals surface area contributed by atoms with Crippen LogP contribution in [0.2, 0.25) is 0 Å². The second-order valence-corrected chi connectivity index (χ2v) is 4.33. The first-order valence-corrected chi connectivity index (χ1v) is 5.86. The summed E-state index contributed by atoms with van der Waals surface area (Å²) in [5.41, 5.74) is 0. The average Bonchev–Trinajstić information content (AvgIpc) is 2.12. The number of aliphatic hydroxyl groups excluding tert-OH is 1. The number of hydrogen-bond donors (Lipinski definition) is 1. The van der Waals surface area contributed by atoms with E-state index in [0.717, 1.165) is 18.8 Å². The van der Waals surface area contributed by atoms with E-state index < -0.39 is 0 Å². The molecule has 0 aromatic rings. The number of hydrogen-bond acceptors (Lipinski definition) is 2. The van der Waals surface area contributed by atoms with E-state index in [0.29, 0.717) is 12.5 Å². The van der Waals surface area contributed by atoms with Crippen LogP contribution in [0.25, 0.3) is 0 Å². The molecule has 3 heteroatoms. The smallest absolute Gasteiger partial charge is 0.349 e. The molecule has 0 bridgehead atoms. The molecule has 0 radical (unpaired) electrons. The molecule has 0 saturated heterocycles. The van der Waals surface area contributed by atoms with Gasteiger partial charge in [-0.2, -0.15) is 0 Å². The molecule has 2 atom stereocenters. The third kappa shape index (κ3) is 7.13. The van der Waals surface area contributed by atoms with Crippen LogP contribution < -0.4 is 0 Å². The second kappa shape index (κ2) is 8.04. The van der Waals surface area contributed by atoms with E-state index in [1.807, 2.05) is 0 Å². The van der Waals surface area contributed by atoms with Crippen molar-refractivity contribution in [3.8, 4) is 0 Å². The Kier molecular flexibility index (Phi) is 7.86. The molecule has 0 aliphatic rings. The number of ether oxygens (including phenoxy) is 1. The zero-order valence-corrected chi connectivity index (χ0v) is 10.3. The topological polar surface area (TPSA) is 29.5 Å². The van der Waals surface area contributed by atoms with E-state index in [9.17, 15) is 0 Å². The maximum absolute atomic E-state index is 8.74. The molecule has 0 heterocycles. The first kappa shape index (κ1) is 13.7. The molecule has 0 aromatic carbocycles. The Bertz CT molecular complexity index is 159. The Hall–Kier alpha value is -0.310. The van der Waals surface area contributed by atoms with Crippen molar-refractivity contribution in [2.45, 2.75) is 46.5 Å². The van der Waals surface area contributed by atoms with Crippen molar-refractivity contribution in [3.63, 3.8) is 0 Å². The first-order chi connectivity index (χ1) is 6.60. The summed E-state index contributed by atoms with van der Waals surface area (Å²) < 4.78 is 4.96. The minimum absolute atomic E-state index is 0.327. The summed E-state index contributed by atoms with van der Waals surface area (Å²) >= 11 is 4.46. The van der Waals surface area contributed by atoms with Gasteiger partial charge >= 0.3 is 5.24 Å². The maximum atomic E-state index is 8.74. The summed E-state index contributed by atoms with van der Waals surface area (Å²) in [5, 5.41) is 8.42. The fourth-order valence-corrected chi connectivity index (χ4v) is 1.79. The van der Waals surface area contributed by atoms with Crippen LogP contribution in [-0.2, 0) is 4.74 Å². The van der Waals surface area contributed by atoms with Crippen molar-refractivity contribution >= 4 is 17.5 Å². The largest absolute Gasteiger partial charge is 0.472 e. The van der Waals surface area contributed by atoms with Crippen molar-refractivity contribution in [1.29, 1.82) is 0 Å². The molecule has 0 aromatic heterocycles. The van der Waals surface area contributed by atoms with Gasteiger partial charge in [-0.1, -0.05) is 40.0 Å². The molecule has 0 rings (SSSR count). The van der Waals surface area contributed by atoms with Crippen LogP contribution in [0.1, 0.15) is 46.5 Å². The van der Waals surface area contributed by atoms with Crippen LogP contribution in [0.4, 0.5) is 0 Å². The van der Waals surface area contributed by atoms with E-state index in [1.165, 1.54) is 12.8 Å². The van der Waals surface area contributed by atoms with E-state index in [-0.39, 0.29) is 5.24 Å².